The van der Waals surface area contributed by atoms with E-state index >= 15 is 0 Å². The van der Waals surface area contributed by atoms with Crippen LogP contribution >= 0.6 is 0 Å². The molecule has 0 unspecified atom stereocenters. The van der Waals surface area contributed by atoms with Gasteiger partial charge in [-0.1, -0.05) is 55.1 Å². The van der Waals surface area contributed by atoms with Crippen molar-refractivity contribution in [2.45, 2.75) is 0 Å². The van der Waals surface area contributed by atoms with Crippen molar-refractivity contribution in [2.75, 3.05) is 0 Å². The summed E-state index contributed by atoms with van der Waals surface area (Å²) >= 11 is 0. The minimum Gasteiger partial charge on any atom is -0.438 e. The van der Waals surface area contributed by atoms with Gasteiger partial charge >= 0.3 is 0 Å². The van der Waals surface area contributed by atoms with Gasteiger partial charge in [0, 0.05) is 11.1 Å². The van der Waals surface area contributed by atoms with Gasteiger partial charge in [-0.3, -0.25) is 0 Å². The number of ether oxygens (including phenoxy) is 1. The number of benzene rings is 3. The molecule has 1 aliphatic heterocycles. The number of fused-ring (bicyclic) bond motifs is 3. The highest BCUT2D eigenvalue weighted by atomic mass is 16.5. The smallest absolute Gasteiger partial charge is 0.227 e. The maximum atomic E-state index is 5.80. The zero-order valence-corrected chi connectivity index (χ0v) is 11.4. The summed E-state index contributed by atoms with van der Waals surface area (Å²) in [5.74, 6) is 1.28. The van der Waals surface area contributed by atoms with Crippen LogP contribution < -0.4 is 0 Å². The molecule has 0 N–H and O–H groups in total. The molecule has 0 aliphatic carbocycles. The number of hydrogen-bond acceptors (Lipinski definition) is 2. The molecule has 0 saturated heterocycles. The summed E-state index contributed by atoms with van der Waals surface area (Å²) in [6.07, 6.45) is 0. The lowest BCUT2D eigenvalue weighted by Crippen LogP contribution is -1.96. The third kappa shape index (κ3) is 1.93. The highest BCUT2D eigenvalue weighted by molar-refractivity contribution is 6.12. The van der Waals surface area contributed by atoms with Crippen molar-refractivity contribution < 1.29 is 4.74 Å². The van der Waals surface area contributed by atoms with Crippen molar-refractivity contribution in [3.63, 3.8) is 0 Å². The molecule has 0 aromatic heterocycles. The Bertz CT molecular complexity index is 878. The molecule has 0 atom stereocenters. The molecular weight excluding hydrogens is 258 g/mol. The Kier molecular flexibility index (Phi) is 2.61. The number of para-hydroxylation sites is 1. The monoisotopic (exact) mass is 271 g/mol. The fourth-order valence-electron chi connectivity index (χ4n) is 2.68. The van der Waals surface area contributed by atoms with Gasteiger partial charge in [-0.2, -0.15) is 0 Å². The van der Waals surface area contributed by atoms with Crippen LogP contribution in [0.1, 0.15) is 11.1 Å². The molecule has 0 amide bonds. The van der Waals surface area contributed by atoms with Crippen LogP contribution in [0.25, 0.3) is 16.5 Å². The van der Waals surface area contributed by atoms with Gasteiger partial charge in [0.2, 0.25) is 5.90 Å². The molecule has 2 nitrogen and oxygen atoms in total. The van der Waals surface area contributed by atoms with Crippen molar-refractivity contribution in [3.05, 3.63) is 84.4 Å². The van der Waals surface area contributed by atoms with E-state index in [1.807, 2.05) is 42.5 Å². The van der Waals surface area contributed by atoms with Gasteiger partial charge in [-0.05, 0) is 29.0 Å². The van der Waals surface area contributed by atoms with Crippen LogP contribution in [0.3, 0.4) is 0 Å². The predicted molar refractivity (Wildman–Crippen MR) is 86.7 cm³/mol. The molecule has 3 aromatic carbocycles. The Morgan fingerprint density at radius 2 is 1.57 bits per heavy atom. The van der Waals surface area contributed by atoms with E-state index in [1.54, 1.807) is 0 Å². The van der Waals surface area contributed by atoms with E-state index in [0.29, 0.717) is 11.7 Å². The van der Waals surface area contributed by atoms with Gasteiger partial charge in [-0.15, -0.1) is 0 Å². The number of aliphatic imine (C=N–C) groups is 1. The van der Waals surface area contributed by atoms with E-state index in [2.05, 4.69) is 35.8 Å². The van der Waals surface area contributed by atoms with E-state index in [-0.39, 0.29) is 0 Å². The van der Waals surface area contributed by atoms with E-state index in [4.69, 9.17) is 4.74 Å². The van der Waals surface area contributed by atoms with Crippen LogP contribution in [-0.4, -0.2) is 5.90 Å². The fourth-order valence-corrected chi connectivity index (χ4v) is 2.68. The summed E-state index contributed by atoms with van der Waals surface area (Å²) in [4.78, 5) is 4.59. The largest absolute Gasteiger partial charge is 0.438 e. The first kappa shape index (κ1) is 11.9. The molecule has 0 fully saturated rings. The van der Waals surface area contributed by atoms with Crippen LogP contribution in [0.15, 0.2) is 78.3 Å². The normalized spacial score (nSPS) is 15.2. The van der Waals surface area contributed by atoms with Gasteiger partial charge in [0.25, 0.3) is 0 Å². The Morgan fingerprint density at radius 3 is 2.43 bits per heavy atom. The van der Waals surface area contributed by atoms with Gasteiger partial charge in [0.05, 0.1) is 5.69 Å². The maximum absolute atomic E-state index is 5.80. The van der Waals surface area contributed by atoms with E-state index < -0.39 is 0 Å². The summed E-state index contributed by atoms with van der Waals surface area (Å²) in [7, 11) is 0. The van der Waals surface area contributed by atoms with Crippen LogP contribution in [0, 0.1) is 0 Å². The number of nitrogens with zero attached hydrogens (tertiary/aromatic N) is 1. The zero-order chi connectivity index (χ0) is 14.2. The first-order valence-corrected chi connectivity index (χ1v) is 6.86. The molecule has 0 bridgehead atoms. The average Bonchev–Trinajstić information content (AvgIpc) is 2.85. The van der Waals surface area contributed by atoms with Crippen molar-refractivity contribution in [2.24, 2.45) is 4.99 Å². The molecule has 4 rings (SSSR count). The second kappa shape index (κ2) is 4.60. The first-order chi connectivity index (χ1) is 10.3. The lowest BCUT2D eigenvalue weighted by Gasteiger charge is -2.02. The maximum Gasteiger partial charge on any atom is 0.227 e. The standard InChI is InChI=1S/C19H13NO/c1-13-18-16-10-6-5-7-14(16)11-12-17(18)19(21-13)20-15-8-3-2-4-9-15/h2-12H,1H2. The summed E-state index contributed by atoms with van der Waals surface area (Å²) in [5, 5.41) is 2.33. The zero-order valence-electron chi connectivity index (χ0n) is 11.4. The molecule has 100 valence electrons. The van der Waals surface area contributed by atoms with Crippen LogP contribution in [-0.2, 0) is 4.74 Å². The van der Waals surface area contributed by atoms with Gasteiger partial charge in [0.15, 0.2) is 0 Å². The molecule has 0 radical (unpaired) electrons. The van der Waals surface area contributed by atoms with Crippen molar-refractivity contribution >= 4 is 28.1 Å². The fraction of sp³-hybridized carbons (Fsp3) is 0. The Hall–Kier alpha value is -2.87. The highest BCUT2D eigenvalue weighted by Gasteiger charge is 2.25. The third-order valence-electron chi connectivity index (χ3n) is 3.64. The van der Waals surface area contributed by atoms with Crippen molar-refractivity contribution in [3.8, 4) is 0 Å². The minimum absolute atomic E-state index is 0.618. The summed E-state index contributed by atoms with van der Waals surface area (Å²) in [5.41, 5.74) is 2.92. The second-order valence-electron chi connectivity index (χ2n) is 4.99. The molecule has 3 aromatic rings. The van der Waals surface area contributed by atoms with Crippen LogP contribution in [0.5, 0.6) is 0 Å². The Labute approximate surface area is 123 Å². The molecule has 0 spiro atoms. The molecule has 2 heteroatoms. The van der Waals surface area contributed by atoms with Gasteiger partial charge < -0.3 is 4.74 Å². The average molecular weight is 271 g/mol. The van der Waals surface area contributed by atoms with E-state index in [1.165, 1.54) is 5.39 Å². The molecule has 21 heavy (non-hydrogen) atoms. The topological polar surface area (TPSA) is 21.6 Å². The number of rotatable bonds is 1. The lowest BCUT2D eigenvalue weighted by atomic mass is 9.99. The summed E-state index contributed by atoms with van der Waals surface area (Å²) in [6, 6.07) is 22.2. The molecular formula is C19H13NO. The van der Waals surface area contributed by atoms with Crippen LogP contribution in [0.4, 0.5) is 5.69 Å². The van der Waals surface area contributed by atoms with Crippen LogP contribution in [0.2, 0.25) is 0 Å². The van der Waals surface area contributed by atoms with Gasteiger partial charge in [0.1, 0.15) is 5.76 Å². The SMILES string of the molecule is C=C1OC(=Nc2ccccc2)c2ccc3ccccc3c21. The van der Waals surface area contributed by atoms with Gasteiger partial charge in [-0.25, -0.2) is 4.99 Å². The van der Waals surface area contributed by atoms with Crippen molar-refractivity contribution in [1.82, 2.24) is 0 Å². The Morgan fingerprint density at radius 1 is 0.810 bits per heavy atom. The lowest BCUT2D eigenvalue weighted by molar-refractivity contribution is 0.528. The number of hydrogen-bond donors (Lipinski definition) is 0. The van der Waals surface area contributed by atoms with E-state index in [0.717, 1.165) is 22.2 Å². The molecule has 1 aliphatic rings. The molecule has 1 heterocycles. The minimum atomic E-state index is 0.618. The second-order valence-corrected chi connectivity index (χ2v) is 4.99. The quantitative estimate of drug-likeness (QED) is 0.615. The summed E-state index contributed by atoms with van der Waals surface area (Å²) in [6.45, 7) is 4.03. The highest BCUT2D eigenvalue weighted by Crippen LogP contribution is 2.35. The predicted octanol–water partition coefficient (Wildman–Crippen LogP) is 4.92. The van der Waals surface area contributed by atoms with E-state index in [9.17, 15) is 0 Å². The first-order valence-electron chi connectivity index (χ1n) is 6.86. The van der Waals surface area contributed by atoms with Crippen molar-refractivity contribution in [1.29, 1.82) is 0 Å². The molecule has 0 saturated carbocycles. The third-order valence-corrected chi connectivity index (χ3v) is 3.64. The Balaban J connectivity index is 1.93. The summed E-state index contributed by atoms with van der Waals surface area (Å²) < 4.78 is 5.80.